The van der Waals surface area contributed by atoms with Crippen LogP contribution in [0.15, 0.2) is 44.3 Å². The highest BCUT2D eigenvalue weighted by Gasteiger charge is 2.12. The maximum Gasteiger partial charge on any atom is 0.291 e. The van der Waals surface area contributed by atoms with Crippen molar-refractivity contribution in [3.63, 3.8) is 0 Å². The second-order valence-electron chi connectivity index (χ2n) is 3.76. The number of rotatable bonds is 5. The van der Waals surface area contributed by atoms with Crippen molar-refractivity contribution in [1.29, 1.82) is 0 Å². The van der Waals surface area contributed by atoms with Gasteiger partial charge in [0.15, 0.2) is 11.5 Å². The fourth-order valence-electron chi connectivity index (χ4n) is 1.53. The van der Waals surface area contributed by atoms with E-state index in [0.717, 1.165) is 11.3 Å². The minimum Gasteiger partial charge on any atom is -0.493 e. The first-order valence-corrected chi connectivity index (χ1v) is 7.94. The molecule has 1 aromatic heterocycles. The number of methoxy groups -OCH3 is 2. The molecule has 7 heteroatoms. The van der Waals surface area contributed by atoms with Gasteiger partial charge in [0.05, 0.1) is 14.2 Å². The lowest BCUT2D eigenvalue weighted by atomic mass is 10.2. The van der Waals surface area contributed by atoms with E-state index in [1.165, 1.54) is 26.5 Å². The van der Waals surface area contributed by atoms with Gasteiger partial charge in [0, 0.05) is 6.21 Å². The molecule has 0 aliphatic carbocycles. The zero-order chi connectivity index (χ0) is 14.6. The Hall–Kier alpha value is -1.86. The summed E-state index contributed by atoms with van der Waals surface area (Å²) in [6.07, 6.45) is 1.29. The van der Waals surface area contributed by atoms with E-state index in [-0.39, 0.29) is 4.21 Å². The molecule has 20 heavy (non-hydrogen) atoms. The van der Waals surface area contributed by atoms with Crippen LogP contribution in [0.1, 0.15) is 5.56 Å². The van der Waals surface area contributed by atoms with Gasteiger partial charge in [-0.15, -0.1) is 11.3 Å². The SMILES string of the molecule is COc1ccc(/C=N/S(=O)(=O)c2cccs2)cc1OC. The largest absolute Gasteiger partial charge is 0.493 e. The second-order valence-corrected chi connectivity index (χ2v) is 6.56. The Kier molecular flexibility index (Phi) is 4.41. The second kappa shape index (κ2) is 6.06. The van der Waals surface area contributed by atoms with Crippen LogP contribution in [0.5, 0.6) is 11.5 Å². The lowest BCUT2D eigenvalue weighted by Gasteiger charge is -2.07. The van der Waals surface area contributed by atoms with Crippen LogP contribution in [0, 0.1) is 0 Å². The smallest absolute Gasteiger partial charge is 0.291 e. The number of sulfonamides is 1. The molecular weight excluding hydrogens is 298 g/mol. The summed E-state index contributed by atoms with van der Waals surface area (Å²) in [7, 11) is -0.585. The summed E-state index contributed by atoms with van der Waals surface area (Å²) in [5, 5.41) is 1.69. The molecule has 0 aliphatic heterocycles. The van der Waals surface area contributed by atoms with Crippen molar-refractivity contribution in [1.82, 2.24) is 0 Å². The van der Waals surface area contributed by atoms with Crippen molar-refractivity contribution < 1.29 is 17.9 Å². The van der Waals surface area contributed by atoms with Crippen molar-refractivity contribution >= 4 is 27.6 Å². The molecule has 0 N–H and O–H groups in total. The number of hydrogen-bond donors (Lipinski definition) is 0. The van der Waals surface area contributed by atoms with Crippen LogP contribution in [0.3, 0.4) is 0 Å². The zero-order valence-electron chi connectivity index (χ0n) is 10.9. The molecule has 0 spiro atoms. The Morgan fingerprint density at radius 1 is 1.15 bits per heavy atom. The van der Waals surface area contributed by atoms with E-state index in [9.17, 15) is 8.42 Å². The molecule has 1 aromatic carbocycles. The number of thiophene rings is 1. The molecule has 0 atom stereocenters. The number of benzene rings is 1. The highest BCUT2D eigenvalue weighted by molar-refractivity contribution is 7.92. The summed E-state index contributed by atoms with van der Waals surface area (Å²) >= 11 is 1.13. The number of nitrogens with zero attached hydrogens (tertiary/aromatic N) is 1. The maximum absolute atomic E-state index is 11.9. The Balaban J connectivity index is 2.28. The van der Waals surface area contributed by atoms with Crippen molar-refractivity contribution in [3.8, 4) is 11.5 Å². The Bertz CT molecular complexity index is 706. The average molecular weight is 311 g/mol. The summed E-state index contributed by atoms with van der Waals surface area (Å²) in [5.74, 6) is 1.09. The summed E-state index contributed by atoms with van der Waals surface area (Å²) in [4.78, 5) is 0. The van der Waals surface area contributed by atoms with Crippen molar-refractivity contribution in [2.24, 2.45) is 4.40 Å². The van der Waals surface area contributed by atoms with E-state index in [4.69, 9.17) is 9.47 Å². The first-order chi connectivity index (χ1) is 9.56. The van der Waals surface area contributed by atoms with Crippen LogP contribution in [0.2, 0.25) is 0 Å². The molecule has 106 valence electrons. The van der Waals surface area contributed by atoms with Crippen molar-refractivity contribution in [3.05, 3.63) is 41.3 Å². The minimum absolute atomic E-state index is 0.217. The van der Waals surface area contributed by atoms with Gasteiger partial charge in [0.1, 0.15) is 4.21 Å². The number of ether oxygens (including phenoxy) is 2. The van der Waals surface area contributed by atoms with Crippen LogP contribution in [-0.2, 0) is 10.0 Å². The van der Waals surface area contributed by atoms with Gasteiger partial charge in [-0.1, -0.05) is 6.07 Å². The molecule has 0 saturated carbocycles. The summed E-state index contributed by atoms with van der Waals surface area (Å²) < 4.78 is 37.9. The molecule has 0 aliphatic rings. The van der Waals surface area contributed by atoms with E-state index in [1.807, 2.05) is 0 Å². The third-order valence-electron chi connectivity index (χ3n) is 2.50. The van der Waals surface area contributed by atoms with Gasteiger partial charge in [-0.05, 0) is 35.2 Å². The van der Waals surface area contributed by atoms with E-state index in [2.05, 4.69) is 4.40 Å². The standard InChI is InChI=1S/C13H13NO4S2/c1-17-11-6-5-10(8-12(11)18-2)9-14-20(15,16)13-4-3-7-19-13/h3-9H,1-2H3/b14-9+. The van der Waals surface area contributed by atoms with Crippen LogP contribution < -0.4 is 9.47 Å². The molecule has 0 fully saturated rings. The predicted octanol–water partition coefficient (Wildman–Crippen LogP) is 2.57. The van der Waals surface area contributed by atoms with Gasteiger partial charge in [0.25, 0.3) is 10.0 Å². The molecule has 0 unspecified atom stereocenters. The van der Waals surface area contributed by atoms with Gasteiger partial charge >= 0.3 is 0 Å². The number of hydrogen-bond acceptors (Lipinski definition) is 5. The van der Waals surface area contributed by atoms with E-state index < -0.39 is 10.0 Å². The van der Waals surface area contributed by atoms with Gasteiger partial charge < -0.3 is 9.47 Å². The van der Waals surface area contributed by atoms with E-state index in [0.29, 0.717) is 17.1 Å². The van der Waals surface area contributed by atoms with Crippen molar-refractivity contribution in [2.75, 3.05) is 14.2 Å². The average Bonchev–Trinajstić information content (AvgIpc) is 3.00. The molecule has 0 amide bonds. The topological polar surface area (TPSA) is 65.0 Å². The Labute approximate surface area is 121 Å². The summed E-state index contributed by atoms with van der Waals surface area (Å²) in [6, 6.07) is 8.24. The van der Waals surface area contributed by atoms with E-state index in [1.54, 1.807) is 29.6 Å². The van der Waals surface area contributed by atoms with E-state index >= 15 is 0 Å². The van der Waals surface area contributed by atoms with Gasteiger partial charge in [-0.3, -0.25) is 0 Å². The molecule has 0 saturated heterocycles. The molecule has 0 radical (unpaired) electrons. The molecular formula is C13H13NO4S2. The van der Waals surface area contributed by atoms with Gasteiger partial charge in [0.2, 0.25) is 0 Å². The lowest BCUT2D eigenvalue weighted by molar-refractivity contribution is 0.355. The van der Waals surface area contributed by atoms with Crippen LogP contribution in [0.4, 0.5) is 0 Å². The molecule has 0 bridgehead atoms. The monoisotopic (exact) mass is 311 g/mol. The van der Waals surface area contributed by atoms with Crippen LogP contribution in [-0.4, -0.2) is 28.9 Å². The fraction of sp³-hybridized carbons (Fsp3) is 0.154. The quantitative estimate of drug-likeness (QED) is 0.796. The first kappa shape index (κ1) is 14.5. The predicted molar refractivity (Wildman–Crippen MR) is 78.6 cm³/mol. The molecule has 2 aromatic rings. The summed E-state index contributed by atoms with van der Waals surface area (Å²) in [6.45, 7) is 0. The van der Waals surface area contributed by atoms with Gasteiger partial charge in [-0.25, -0.2) is 0 Å². The van der Waals surface area contributed by atoms with Crippen LogP contribution in [0.25, 0.3) is 0 Å². The molecule has 1 heterocycles. The highest BCUT2D eigenvalue weighted by atomic mass is 32.2. The zero-order valence-corrected chi connectivity index (χ0v) is 12.6. The first-order valence-electron chi connectivity index (χ1n) is 5.62. The lowest BCUT2D eigenvalue weighted by Crippen LogP contribution is -1.96. The maximum atomic E-state index is 11.9. The highest BCUT2D eigenvalue weighted by Crippen LogP contribution is 2.27. The normalized spacial score (nSPS) is 11.7. The minimum atomic E-state index is -3.63. The third-order valence-corrected chi connectivity index (χ3v) is 5.11. The Morgan fingerprint density at radius 2 is 1.90 bits per heavy atom. The molecule has 5 nitrogen and oxygen atoms in total. The van der Waals surface area contributed by atoms with Crippen molar-refractivity contribution in [2.45, 2.75) is 4.21 Å². The summed E-state index contributed by atoms with van der Waals surface area (Å²) in [5.41, 5.74) is 0.614. The fourth-order valence-corrected chi connectivity index (χ4v) is 3.37. The molecule has 2 rings (SSSR count). The van der Waals surface area contributed by atoms with Crippen LogP contribution >= 0.6 is 11.3 Å². The third kappa shape index (κ3) is 3.17. The Morgan fingerprint density at radius 3 is 2.50 bits per heavy atom. The van der Waals surface area contributed by atoms with Gasteiger partial charge in [-0.2, -0.15) is 12.8 Å².